The van der Waals surface area contributed by atoms with Crippen LogP contribution in [0.15, 0.2) is 24.3 Å². The number of carbonyl (C=O) groups excluding carboxylic acids is 1. The van der Waals surface area contributed by atoms with Crippen LogP contribution < -0.4 is 5.32 Å². The highest BCUT2D eigenvalue weighted by Crippen LogP contribution is 2.09. The molecule has 0 spiro atoms. The van der Waals surface area contributed by atoms with Crippen molar-refractivity contribution >= 4 is 5.97 Å². The molecule has 0 bridgehead atoms. The van der Waals surface area contributed by atoms with Crippen LogP contribution in [0.4, 0.5) is 0 Å². The molecule has 4 heteroatoms. The van der Waals surface area contributed by atoms with Gasteiger partial charge in [0, 0.05) is 19.7 Å². The molecular weight excluding hydrogens is 242 g/mol. The maximum atomic E-state index is 11.6. The third kappa shape index (κ3) is 5.85. The second-order valence-corrected chi connectivity index (χ2v) is 4.29. The lowest BCUT2D eigenvalue weighted by atomic mass is 10.1. The van der Waals surface area contributed by atoms with Gasteiger partial charge >= 0.3 is 5.97 Å². The Hall–Kier alpha value is -1.39. The van der Waals surface area contributed by atoms with Gasteiger partial charge in [-0.15, -0.1) is 0 Å². The van der Waals surface area contributed by atoms with E-state index in [4.69, 9.17) is 9.47 Å². The second kappa shape index (κ2) is 9.53. The standard InChI is InChI=1S/C15H23NO3/c1-3-4-10-19-11-9-16-12-13-7-5-6-8-14(13)15(17)18-2/h5-8,16H,3-4,9-12H2,1-2H3. The number of nitrogens with one attached hydrogen (secondary N) is 1. The molecule has 0 aromatic heterocycles. The quantitative estimate of drug-likeness (QED) is 0.550. The van der Waals surface area contributed by atoms with Gasteiger partial charge < -0.3 is 14.8 Å². The number of hydrogen-bond acceptors (Lipinski definition) is 4. The topological polar surface area (TPSA) is 47.6 Å². The highest BCUT2D eigenvalue weighted by Gasteiger charge is 2.09. The van der Waals surface area contributed by atoms with Gasteiger partial charge in [0.15, 0.2) is 0 Å². The summed E-state index contributed by atoms with van der Waals surface area (Å²) >= 11 is 0. The summed E-state index contributed by atoms with van der Waals surface area (Å²) in [4.78, 5) is 11.6. The van der Waals surface area contributed by atoms with Crippen molar-refractivity contribution in [3.8, 4) is 0 Å². The van der Waals surface area contributed by atoms with Crippen LogP contribution in [0.2, 0.25) is 0 Å². The van der Waals surface area contributed by atoms with Crippen molar-refractivity contribution in [2.45, 2.75) is 26.3 Å². The molecule has 0 saturated heterocycles. The summed E-state index contributed by atoms with van der Waals surface area (Å²) in [5.74, 6) is -0.295. The summed E-state index contributed by atoms with van der Waals surface area (Å²) in [6.45, 7) is 5.07. The normalized spacial score (nSPS) is 10.4. The predicted molar refractivity (Wildman–Crippen MR) is 75.2 cm³/mol. The van der Waals surface area contributed by atoms with Crippen molar-refractivity contribution in [3.63, 3.8) is 0 Å². The minimum Gasteiger partial charge on any atom is -0.465 e. The Bertz CT molecular complexity index is 379. The largest absolute Gasteiger partial charge is 0.465 e. The van der Waals surface area contributed by atoms with Gasteiger partial charge in [0.2, 0.25) is 0 Å². The van der Waals surface area contributed by atoms with E-state index in [-0.39, 0.29) is 5.97 Å². The molecule has 0 fully saturated rings. The number of hydrogen-bond donors (Lipinski definition) is 1. The van der Waals surface area contributed by atoms with E-state index in [0.29, 0.717) is 18.7 Å². The van der Waals surface area contributed by atoms with Gasteiger partial charge in [-0.05, 0) is 18.1 Å². The summed E-state index contributed by atoms with van der Waals surface area (Å²) in [5, 5.41) is 3.27. The average Bonchev–Trinajstić information content (AvgIpc) is 2.46. The van der Waals surface area contributed by atoms with Crippen molar-refractivity contribution in [3.05, 3.63) is 35.4 Å². The Labute approximate surface area is 115 Å². The van der Waals surface area contributed by atoms with Crippen molar-refractivity contribution in [2.75, 3.05) is 26.9 Å². The molecule has 0 unspecified atom stereocenters. The Morgan fingerprint density at radius 1 is 1.26 bits per heavy atom. The highest BCUT2D eigenvalue weighted by atomic mass is 16.5. The van der Waals surface area contributed by atoms with Gasteiger partial charge in [-0.3, -0.25) is 0 Å². The monoisotopic (exact) mass is 265 g/mol. The van der Waals surface area contributed by atoms with Crippen LogP contribution in [0.3, 0.4) is 0 Å². The number of unbranched alkanes of at least 4 members (excludes halogenated alkanes) is 1. The molecule has 106 valence electrons. The maximum absolute atomic E-state index is 11.6. The highest BCUT2D eigenvalue weighted by molar-refractivity contribution is 5.90. The molecule has 1 aromatic carbocycles. The first-order chi connectivity index (χ1) is 9.29. The first-order valence-corrected chi connectivity index (χ1v) is 6.74. The van der Waals surface area contributed by atoms with Crippen LogP contribution in [-0.4, -0.2) is 32.8 Å². The van der Waals surface area contributed by atoms with E-state index in [0.717, 1.165) is 31.6 Å². The summed E-state index contributed by atoms with van der Waals surface area (Å²) in [7, 11) is 1.40. The second-order valence-electron chi connectivity index (χ2n) is 4.29. The third-order valence-corrected chi connectivity index (χ3v) is 2.80. The van der Waals surface area contributed by atoms with E-state index in [1.54, 1.807) is 6.07 Å². The molecule has 19 heavy (non-hydrogen) atoms. The number of rotatable bonds is 9. The number of benzene rings is 1. The third-order valence-electron chi connectivity index (χ3n) is 2.80. The van der Waals surface area contributed by atoms with Crippen molar-refractivity contribution < 1.29 is 14.3 Å². The molecule has 0 aliphatic heterocycles. The summed E-state index contributed by atoms with van der Waals surface area (Å²) < 4.78 is 10.2. The summed E-state index contributed by atoms with van der Waals surface area (Å²) in [6.07, 6.45) is 2.26. The van der Waals surface area contributed by atoms with E-state index in [1.807, 2.05) is 18.2 Å². The average molecular weight is 265 g/mol. The zero-order valence-corrected chi connectivity index (χ0v) is 11.8. The molecule has 0 amide bonds. The summed E-state index contributed by atoms with van der Waals surface area (Å²) in [5.41, 5.74) is 1.56. The minimum atomic E-state index is -0.295. The van der Waals surface area contributed by atoms with Gasteiger partial charge in [-0.2, -0.15) is 0 Å². The lowest BCUT2D eigenvalue weighted by molar-refractivity contribution is 0.0599. The fourth-order valence-corrected chi connectivity index (χ4v) is 1.70. The first-order valence-electron chi connectivity index (χ1n) is 6.74. The van der Waals surface area contributed by atoms with Crippen LogP contribution in [0, 0.1) is 0 Å². The van der Waals surface area contributed by atoms with E-state index in [2.05, 4.69) is 12.2 Å². The molecule has 1 aromatic rings. The number of ether oxygens (including phenoxy) is 2. The van der Waals surface area contributed by atoms with Crippen LogP contribution in [0.1, 0.15) is 35.7 Å². The Morgan fingerprint density at radius 2 is 2.05 bits per heavy atom. The Balaban J connectivity index is 2.31. The van der Waals surface area contributed by atoms with Crippen LogP contribution in [0.25, 0.3) is 0 Å². The molecule has 0 aliphatic carbocycles. The first kappa shape index (κ1) is 15.7. The Kier molecular flexibility index (Phi) is 7.86. The molecule has 4 nitrogen and oxygen atoms in total. The molecule has 0 aliphatic rings. The minimum absolute atomic E-state index is 0.295. The van der Waals surface area contributed by atoms with E-state index in [9.17, 15) is 4.79 Å². The molecular formula is C15H23NO3. The van der Waals surface area contributed by atoms with Gasteiger partial charge in [0.05, 0.1) is 19.3 Å². The van der Waals surface area contributed by atoms with Crippen LogP contribution >= 0.6 is 0 Å². The van der Waals surface area contributed by atoms with E-state index in [1.165, 1.54) is 7.11 Å². The van der Waals surface area contributed by atoms with Crippen LogP contribution in [0.5, 0.6) is 0 Å². The molecule has 0 radical (unpaired) electrons. The number of methoxy groups -OCH3 is 1. The lowest BCUT2D eigenvalue weighted by Gasteiger charge is -2.09. The SMILES string of the molecule is CCCCOCCNCc1ccccc1C(=O)OC. The number of carbonyl (C=O) groups is 1. The van der Waals surface area contributed by atoms with Gasteiger partial charge in [0.1, 0.15) is 0 Å². The number of esters is 1. The van der Waals surface area contributed by atoms with Gasteiger partial charge in [-0.25, -0.2) is 4.79 Å². The maximum Gasteiger partial charge on any atom is 0.338 e. The molecule has 0 atom stereocenters. The predicted octanol–water partition coefficient (Wildman–Crippen LogP) is 2.38. The smallest absolute Gasteiger partial charge is 0.338 e. The fraction of sp³-hybridized carbons (Fsp3) is 0.533. The zero-order valence-electron chi connectivity index (χ0n) is 11.8. The molecule has 0 heterocycles. The van der Waals surface area contributed by atoms with Crippen LogP contribution in [-0.2, 0) is 16.0 Å². The van der Waals surface area contributed by atoms with Gasteiger partial charge in [0.25, 0.3) is 0 Å². The van der Waals surface area contributed by atoms with E-state index < -0.39 is 0 Å². The van der Waals surface area contributed by atoms with Gasteiger partial charge in [-0.1, -0.05) is 31.5 Å². The molecule has 1 rings (SSSR count). The van der Waals surface area contributed by atoms with Crippen molar-refractivity contribution in [1.29, 1.82) is 0 Å². The summed E-state index contributed by atoms with van der Waals surface area (Å²) in [6, 6.07) is 7.46. The fourth-order valence-electron chi connectivity index (χ4n) is 1.70. The zero-order chi connectivity index (χ0) is 13.9. The molecule has 1 N–H and O–H groups in total. The van der Waals surface area contributed by atoms with Crippen molar-refractivity contribution in [1.82, 2.24) is 5.32 Å². The van der Waals surface area contributed by atoms with E-state index >= 15 is 0 Å². The Morgan fingerprint density at radius 3 is 2.79 bits per heavy atom. The lowest BCUT2D eigenvalue weighted by Crippen LogP contribution is -2.21. The van der Waals surface area contributed by atoms with Crippen molar-refractivity contribution in [2.24, 2.45) is 0 Å². The molecule has 0 saturated carbocycles.